The molecule has 3 heteroatoms. The molecule has 100 valence electrons. The van der Waals surface area contributed by atoms with Gasteiger partial charge in [-0.25, -0.2) is 4.39 Å². The lowest BCUT2D eigenvalue weighted by atomic mass is 9.97. The number of aryl methyl sites for hydroxylation is 1. The highest BCUT2D eigenvalue weighted by Crippen LogP contribution is 2.25. The normalized spacial score (nSPS) is 12.4. The first kappa shape index (κ1) is 13.7. The fourth-order valence-electron chi connectivity index (χ4n) is 2.28. The van der Waals surface area contributed by atoms with E-state index in [1.165, 1.54) is 6.07 Å². The van der Waals surface area contributed by atoms with Crippen LogP contribution in [0.1, 0.15) is 36.7 Å². The van der Waals surface area contributed by atoms with Gasteiger partial charge in [0.25, 0.3) is 0 Å². The number of rotatable bonds is 5. The molecule has 0 radical (unpaired) electrons. The maximum Gasteiger partial charge on any atom is 0.128 e. The minimum absolute atomic E-state index is 0.192. The van der Waals surface area contributed by atoms with E-state index in [1.54, 1.807) is 12.3 Å². The molecule has 2 nitrogen and oxygen atoms in total. The van der Waals surface area contributed by atoms with Crippen LogP contribution < -0.4 is 5.32 Å². The minimum Gasteiger partial charge on any atom is -0.305 e. The minimum atomic E-state index is -0.193. The lowest BCUT2D eigenvalue weighted by Crippen LogP contribution is -2.25. The van der Waals surface area contributed by atoms with E-state index in [0.717, 1.165) is 24.2 Å². The lowest BCUT2D eigenvalue weighted by Gasteiger charge is -2.20. The number of aromatic nitrogens is 1. The third-order valence-corrected chi connectivity index (χ3v) is 3.20. The van der Waals surface area contributed by atoms with Crippen molar-refractivity contribution in [1.82, 2.24) is 10.3 Å². The first-order valence-electron chi connectivity index (χ1n) is 6.69. The second-order valence-electron chi connectivity index (χ2n) is 4.41. The number of hydrogen-bond acceptors (Lipinski definition) is 2. The van der Waals surface area contributed by atoms with E-state index in [4.69, 9.17) is 0 Å². The summed E-state index contributed by atoms with van der Waals surface area (Å²) in [6.07, 6.45) is 2.65. The zero-order chi connectivity index (χ0) is 13.7. The molecule has 2 aromatic rings. The molecule has 0 aliphatic heterocycles. The summed E-state index contributed by atoms with van der Waals surface area (Å²) in [6, 6.07) is 10.7. The molecule has 0 aliphatic carbocycles. The first-order chi connectivity index (χ1) is 9.27. The smallest absolute Gasteiger partial charge is 0.128 e. The van der Waals surface area contributed by atoms with Gasteiger partial charge in [-0.2, -0.15) is 0 Å². The molecule has 1 heterocycles. The van der Waals surface area contributed by atoms with Crippen molar-refractivity contribution in [3.8, 4) is 0 Å². The molecular formula is C16H19FN2. The zero-order valence-corrected chi connectivity index (χ0v) is 11.4. The highest BCUT2D eigenvalue weighted by molar-refractivity contribution is 5.33. The van der Waals surface area contributed by atoms with Crippen molar-refractivity contribution >= 4 is 0 Å². The molecular weight excluding hydrogens is 239 g/mol. The summed E-state index contributed by atoms with van der Waals surface area (Å²) in [6.45, 7) is 4.87. The molecule has 19 heavy (non-hydrogen) atoms. The SMILES string of the molecule is CCNC(c1ccccc1F)c1ncccc1CC. The monoisotopic (exact) mass is 258 g/mol. The van der Waals surface area contributed by atoms with Gasteiger partial charge in [-0.1, -0.05) is 38.1 Å². The average Bonchev–Trinajstić information content (AvgIpc) is 2.46. The van der Waals surface area contributed by atoms with Crippen LogP contribution >= 0.6 is 0 Å². The Bertz CT molecular complexity index is 540. The van der Waals surface area contributed by atoms with Gasteiger partial charge in [0.05, 0.1) is 11.7 Å². The van der Waals surface area contributed by atoms with Gasteiger partial charge in [-0.05, 0) is 30.7 Å². The molecule has 0 saturated heterocycles. The maximum absolute atomic E-state index is 14.0. The molecule has 1 unspecified atom stereocenters. The largest absolute Gasteiger partial charge is 0.305 e. The molecule has 1 aromatic carbocycles. The zero-order valence-electron chi connectivity index (χ0n) is 11.4. The van der Waals surface area contributed by atoms with Gasteiger partial charge in [0.1, 0.15) is 5.82 Å². The number of nitrogens with one attached hydrogen (secondary N) is 1. The highest BCUT2D eigenvalue weighted by Gasteiger charge is 2.19. The van der Waals surface area contributed by atoms with Crippen LogP contribution in [0.25, 0.3) is 0 Å². The lowest BCUT2D eigenvalue weighted by molar-refractivity contribution is 0.549. The molecule has 1 N–H and O–H groups in total. The second-order valence-corrected chi connectivity index (χ2v) is 4.41. The van der Waals surface area contributed by atoms with Gasteiger partial charge in [0.2, 0.25) is 0 Å². The number of hydrogen-bond donors (Lipinski definition) is 1. The summed E-state index contributed by atoms with van der Waals surface area (Å²) in [5.41, 5.74) is 2.71. The molecule has 2 rings (SSSR count). The Morgan fingerprint density at radius 2 is 1.95 bits per heavy atom. The predicted octanol–water partition coefficient (Wildman–Crippen LogP) is 3.48. The van der Waals surface area contributed by atoms with E-state index in [0.29, 0.717) is 5.56 Å². The van der Waals surface area contributed by atoms with E-state index in [2.05, 4.69) is 17.2 Å². The van der Waals surface area contributed by atoms with Crippen LogP contribution in [0, 0.1) is 5.82 Å². The van der Waals surface area contributed by atoms with Crippen molar-refractivity contribution in [2.75, 3.05) is 6.54 Å². The molecule has 1 aromatic heterocycles. The van der Waals surface area contributed by atoms with Crippen LogP contribution in [0.4, 0.5) is 4.39 Å². The van der Waals surface area contributed by atoms with E-state index in [-0.39, 0.29) is 11.9 Å². The van der Waals surface area contributed by atoms with Crippen molar-refractivity contribution in [1.29, 1.82) is 0 Å². The van der Waals surface area contributed by atoms with Crippen LogP contribution in [-0.4, -0.2) is 11.5 Å². The Kier molecular flexibility index (Phi) is 4.63. The first-order valence-corrected chi connectivity index (χ1v) is 6.69. The quantitative estimate of drug-likeness (QED) is 0.888. The molecule has 0 bridgehead atoms. The van der Waals surface area contributed by atoms with E-state index in [1.807, 2.05) is 31.2 Å². The van der Waals surface area contributed by atoms with Crippen LogP contribution in [-0.2, 0) is 6.42 Å². The molecule has 0 aliphatic rings. The predicted molar refractivity (Wildman–Crippen MR) is 75.5 cm³/mol. The van der Waals surface area contributed by atoms with Gasteiger partial charge >= 0.3 is 0 Å². The summed E-state index contributed by atoms with van der Waals surface area (Å²) < 4.78 is 14.0. The summed E-state index contributed by atoms with van der Waals surface area (Å²) in [4.78, 5) is 4.46. The fourth-order valence-corrected chi connectivity index (χ4v) is 2.28. The van der Waals surface area contributed by atoms with E-state index < -0.39 is 0 Å². The Labute approximate surface area is 113 Å². The number of halogens is 1. The Morgan fingerprint density at radius 3 is 2.63 bits per heavy atom. The standard InChI is InChI=1S/C16H19FN2/c1-3-12-8-7-11-19-15(12)16(18-4-2)13-9-5-6-10-14(13)17/h5-11,16,18H,3-4H2,1-2H3. The van der Waals surface area contributed by atoms with E-state index in [9.17, 15) is 4.39 Å². The second kappa shape index (κ2) is 6.43. The van der Waals surface area contributed by atoms with Crippen LogP contribution in [0.5, 0.6) is 0 Å². The van der Waals surface area contributed by atoms with Crippen molar-refractivity contribution in [2.45, 2.75) is 26.3 Å². The Hall–Kier alpha value is -1.74. The van der Waals surface area contributed by atoms with Crippen molar-refractivity contribution in [3.05, 3.63) is 65.2 Å². The number of nitrogens with zero attached hydrogens (tertiary/aromatic N) is 1. The van der Waals surface area contributed by atoms with Crippen molar-refractivity contribution in [3.63, 3.8) is 0 Å². The van der Waals surface area contributed by atoms with Gasteiger partial charge in [-0.15, -0.1) is 0 Å². The van der Waals surface area contributed by atoms with Gasteiger partial charge in [0, 0.05) is 11.8 Å². The topological polar surface area (TPSA) is 24.9 Å². The van der Waals surface area contributed by atoms with Gasteiger partial charge in [0.15, 0.2) is 0 Å². The summed E-state index contributed by atoms with van der Waals surface area (Å²) in [5.74, 6) is -0.193. The van der Waals surface area contributed by atoms with Crippen LogP contribution in [0.15, 0.2) is 42.6 Å². The maximum atomic E-state index is 14.0. The molecule has 1 atom stereocenters. The fraction of sp³-hybridized carbons (Fsp3) is 0.312. The van der Waals surface area contributed by atoms with Crippen molar-refractivity contribution < 1.29 is 4.39 Å². The van der Waals surface area contributed by atoms with Gasteiger partial charge < -0.3 is 5.32 Å². The van der Waals surface area contributed by atoms with Crippen LogP contribution in [0.3, 0.4) is 0 Å². The number of benzene rings is 1. The Morgan fingerprint density at radius 1 is 1.16 bits per heavy atom. The third-order valence-electron chi connectivity index (χ3n) is 3.20. The van der Waals surface area contributed by atoms with Crippen LogP contribution in [0.2, 0.25) is 0 Å². The summed E-state index contributed by atoms with van der Waals surface area (Å²) in [7, 11) is 0. The summed E-state index contributed by atoms with van der Waals surface area (Å²) >= 11 is 0. The molecule has 0 amide bonds. The van der Waals surface area contributed by atoms with Gasteiger partial charge in [-0.3, -0.25) is 4.98 Å². The molecule has 0 spiro atoms. The highest BCUT2D eigenvalue weighted by atomic mass is 19.1. The van der Waals surface area contributed by atoms with E-state index >= 15 is 0 Å². The molecule has 0 saturated carbocycles. The van der Waals surface area contributed by atoms with Crippen molar-refractivity contribution in [2.24, 2.45) is 0 Å². The number of pyridine rings is 1. The Balaban J connectivity index is 2.49. The molecule has 0 fully saturated rings. The average molecular weight is 258 g/mol. The third kappa shape index (κ3) is 2.99. The summed E-state index contributed by atoms with van der Waals surface area (Å²) in [5, 5.41) is 3.33.